The molecular weight excluding hydrogens is 154 g/mol. The maximum atomic E-state index is 10.6. The van der Waals surface area contributed by atoms with Crippen molar-refractivity contribution in [3.05, 3.63) is 29.1 Å². The van der Waals surface area contributed by atoms with Gasteiger partial charge in [-0.2, -0.15) is 0 Å². The van der Waals surface area contributed by atoms with Crippen LogP contribution in [0.4, 0.5) is 0 Å². The molecule has 3 nitrogen and oxygen atoms in total. The zero-order valence-corrected chi connectivity index (χ0v) is 7.16. The number of carboxylic acids is 1. The fourth-order valence-electron chi connectivity index (χ4n) is 1.04. The Morgan fingerprint density at radius 2 is 2.25 bits per heavy atom. The summed E-state index contributed by atoms with van der Waals surface area (Å²) in [5.41, 5.74) is 1.90. The Labute approximate surface area is 71.1 Å². The molecule has 1 N–H and O–H groups in total. The molecule has 0 atom stereocenters. The number of aromatic nitrogens is 1. The summed E-state index contributed by atoms with van der Waals surface area (Å²) in [6.45, 7) is 3.75. The minimum absolute atomic E-state index is 0.319. The van der Waals surface area contributed by atoms with Crippen LogP contribution in [-0.2, 0) is 6.42 Å². The minimum atomic E-state index is -0.893. The molecule has 0 amide bonds. The number of aromatic carboxylic acids is 1. The van der Waals surface area contributed by atoms with Crippen LogP contribution >= 0.6 is 0 Å². The van der Waals surface area contributed by atoms with Gasteiger partial charge in [-0.3, -0.25) is 4.98 Å². The van der Waals surface area contributed by atoms with Crippen LogP contribution in [0.15, 0.2) is 12.1 Å². The average molecular weight is 165 g/mol. The lowest BCUT2D eigenvalue weighted by molar-refractivity contribution is 0.0696. The van der Waals surface area contributed by atoms with Crippen molar-refractivity contribution in [1.29, 1.82) is 0 Å². The summed E-state index contributed by atoms with van der Waals surface area (Å²) in [6.07, 6.45) is 0.766. The third kappa shape index (κ3) is 1.81. The van der Waals surface area contributed by atoms with Crippen molar-refractivity contribution in [2.75, 3.05) is 0 Å². The Hall–Kier alpha value is -1.38. The summed E-state index contributed by atoms with van der Waals surface area (Å²) in [6, 6.07) is 3.18. The van der Waals surface area contributed by atoms with Crippen molar-refractivity contribution in [3.63, 3.8) is 0 Å². The summed E-state index contributed by atoms with van der Waals surface area (Å²) in [5.74, 6) is -0.893. The van der Waals surface area contributed by atoms with Gasteiger partial charge in [-0.15, -0.1) is 0 Å². The maximum absolute atomic E-state index is 10.6. The highest BCUT2D eigenvalue weighted by molar-refractivity contribution is 5.87. The normalized spacial score (nSPS) is 9.83. The Bertz CT molecular complexity index is 307. The first-order chi connectivity index (χ1) is 5.63. The molecule has 0 saturated carbocycles. The second kappa shape index (κ2) is 3.34. The van der Waals surface area contributed by atoms with Gasteiger partial charge in [-0.05, 0) is 25.5 Å². The molecule has 1 rings (SSSR count). The molecule has 0 unspecified atom stereocenters. The molecule has 0 fully saturated rings. The third-order valence-electron chi connectivity index (χ3n) is 1.62. The monoisotopic (exact) mass is 165 g/mol. The van der Waals surface area contributed by atoms with Gasteiger partial charge >= 0.3 is 5.97 Å². The van der Waals surface area contributed by atoms with Gasteiger partial charge in [0.25, 0.3) is 0 Å². The lowest BCUT2D eigenvalue weighted by Crippen LogP contribution is -2.00. The van der Waals surface area contributed by atoms with E-state index in [0.717, 1.165) is 17.8 Å². The van der Waals surface area contributed by atoms with E-state index >= 15 is 0 Å². The zero-order chi connectivity index (χ0) is 9.14. The lowest BCUT2D eigenvalue weighted by Gasteiger charge is -2.00. The molecule has 0 aromatic carbocycles. The second-order valence-corrected chi connectivity index (χ2v) is 2.65. The largest absolute Gasteiger partial charge is 0.478 e. The molecule has 3 heteroatoms. The SMILES string of the molecule is CCc1cc(C(=O)O)cc(C)n1. The van der Waals surface area contributed by atoms with E-state index in [1.165, 1.54) is 0 Å². The molecule has 0 aliphatic heterocycles. The number of hydrogen-bond acceptors (Lipinski definition) is 2. The van der Waals surface area contributed by atoms with E-state index in [0.29, 0.717) is 5.56 Å². The van der Waals surface area contributed by atoms with E-state index in [4.69, 9.17) is 5.11 Å². The highest BCUT2D eigenvalue weighted by Gasteiger charge is 2.04. The van der Waals surface area contributed by atoms with Crippen LogP contribution < -0.4 is 0 Å². The fourth-order valence-corrected chi connectivity index (χ4v) is 1.04. The van der Waals surface area contributed by atoms with Crippen LogP contribution in [0.5, 0.6) is 0 Å². The molecule has 0 spiro atoms. The first kappa shape index (κ1) is 8.71. The topological polar surface area (TPSA) is 50.2 Å². The van der Waals surface area contributed by atoms with Gasteiger partial charge in [0.2, 0.25) is 0 Å². The number of pyridine rings is 1. The number of rotatable bonds is 2. The Morgan fingerprint density at radius 3 is 2.75 bits per heavy atom. The molecule has 12 heavy (non-hydrogen) atoms. The molecule has 0 aliphatic rings. The van der Waals surface area contributed by atoms with Crippen molar-refractivity contribution >= 4 is 5.97 Å². The first-order valence-electron chi connectivity index (χ1n) is 3.84. The van der Waals surface area contributed by atoms with Gasteiger partial charge in [0.1, 0.15) is 0 Å². The van der Waals surface area contributed by atoms with Gasteiger partial charge in [-0.1, -0.05) is 6.92 Å². The molecule has 64 valence electrons. The summed E-state index contributed by atoms with van der Waals surface area (Å²) in [7, 11) is 0. The molecule has 1 aromatic heterocycles. The van der Waals surface area contributed by atoms with E-state index in [-0.39, 0.29) is 0 Å². The summed E-state index contributed by atoms with van der Waals surface area (Å²) < 4.78 is 0. The van der Waals surface area contributed by atoms with Gasteiger partial charge < -0.3 is 5.11 Å². The number of carboxylic acid groups (broad SMARTS) is 1. The number of aryl methyl sites for hydroxylation is 2. The highest BCUT2D eigenvalue weighted by Crippen LogP contribution is 2.05. The van der Waals surface area contributed by atoms with Crippen molar-refractivity contribution < 1.29 is 9.90 Å². The summed E-state index contributed by atoms with van der Waals surface area (Å²) in [5, 5.41) is 8.70. The summed E-state index contributed by atoms with van der Waals surface area (Å²) >= 11 is 0. The van der Waals surface area contributed by atoms with Gasteiger partial charge in [0.05, 0.1) is 5.56 Å². The van der Waals surface area contributed by atoms with E-state index < -0.39 is 5.97 Å². The molecule has 0 saturated heterocycles. The number of hydrogen-bond donors (Lipinski definition) is 1. The molecule has 0 bridgehead atoms. The van der Waals surface area contributed by atoms with E-state index in [9.17, 15) is 4.79 Å². The predicted molar refractivity (Wildman–Crippen MR) is 45.3 cm³/mol. The van der Waals surface area contributed by atoms with Crippen molar-refractivity contribution in [2.45, 2.75) is 20.3 Å². The molecule has 0 radical (unpaired) electrons. The van der Waals surface area contributed by atoms with Crippen LogP contribution in [0.1, 0.15) is 28.7 Å². The molecule has 1 heterocycles. The molecule has 0 aliphatic carbocycles. The van der Waals surface area contributed by atoms with Crippen LogP contribution in [0.3, 0.4) is 0 Å². The van der Waals surface area contributed by atoms with Crippen molar-refractivity contribution in [1.82, 2.24) is 4.98 Å². The van der Waals surface area contributed by atoms with Crippen molar-refractivity contribution in [3.8, 4) is 0 Å². The van der Waals surface area contributed by atoms with Crippen LogP contribution in [-0.4, -0.2) is 16.1 Å². The van der Waals surface area contributed by atoms with Crippen LogP contribution in [0, 0.1) is 6.92 Å². The third-order valence-corrected chi connectivity index (χ3v) is 1.62. The van der Waals surface area contributed by atoms with Gasteiger partial charge in [0.15, 0.2) is 0 Å². The Kier molecular flexibility index (Phi) is 2.43. The van der Waals surface area contributed by atoms with Crippen LogP contribution in [0.2, 0.25) is 0 Å². The van der Waals surface area contributed by atoms with E-state index in [1.807, 2.05) is 6.92 Å². The van der Waals surface area contributed by atoms with Gasteiger partial charge in [0, 0.05) is 11.4 Å². The zero-order valence-electron chi connectivity index (χ0n) is 7.16. The Morgan fingerprint density at radius 1 is 1.58 bits per heavy atom. The first-order valence-corrected chi connectivity index (χ1v) is 3.84. The van der Waals surface area contributed by atoms with Crippen LogP contribution in [0.25, 0.3) is 0 Å². The van der Waals surface area contributed by atoms with Crippen molar-refractivity contribution in [2.24, 2.45) is 0 Å². The lowest BCUT2D eigenvalue weighted by atomic mass is 10.2. The summed E-state index contributed by atoms with van der Waals surface area (Å²) in [4.78, 5) is 14.8. The maximum Gasteiger partial charge on any atom is 0.335 e. The van der Waals surface area contributed by atoms with E-state index in [2.05, 4.69) is 4.98 Å². The number of carbonyl (C=O) groups is 1. The highest BCUT2D eigenvalue weighted by atomic mass is 16.4. The average Bonchev–Trinajstić information content (AvgIpc) is 2.03. The Balaban J connectivity index is 3.15. The smallest absolute Gasteiger partial charge is 0.335 e. The van der Waals surface area contributed by atoms with Gasteiger partial charge in [-0.25, -0.2) is 4.79 Å². The minimum Gasteiger partial charge on any atom is -0.478 e. The predicted octanol–water partition coefficient (Wildman–Crippen LogP) is 1.65. The second-order valence-electron chi connectivity index (χ2n) is 2.65. The quantitative estimate of drug-likeness (QED) is 0.724. The molecule has 1 aromatic rings. The van der Waals surface area contributed by atoms with E-state index in [1.54, 1.807) is 19.1 Å². The number of nitrogens with zero attached hydrogens (tertiary/aromatic N) is 1. The molecular formula is C9H11NO2. The standard InChI is InChI=1S/C9H11NO2/c1-3-8-5-7(9(11)12)4-6(2)10-8/h4-5H,3H2,1-2H3,(H,11,12). The fraction of sp³-hybridized carbons (Fsp3) is 0.333.